The molecule has 3 nitrogen and oxygen atoms in total. The van der Waals surface area contributed by atoms with Gasteiger partial charge in [0.15, 0.2) is 0 Å². The maximum atomic E-state index is 11.8. The normalized spacial score (nSPS) is 13.2. The average Bonchev–Trinajstić information content (AvgIpc) is 2.25. The van der Waals surface area contributed by atoms with Gasteiger partial charge < -0.3 is 14.6 Å². The first-order valence-electron chi connectivity index (χ1n) is 4.63. The molecule has 0 amide bonds. The molecule has 0 aliphatic rings. The minimum absolute atomic E-state index is 0.0231. The molecule has 1 aromatic carbocycles. The van der Waals surface area contributed by atoms with Crippen LogP contribution in [-0.2, 0) is 0 Å². The van der Waals surface area contributed by atoms with Crippen molar-refractivity contribution in [1.82, 2.24) is 0 Å². The van der Waals surface area contributed by atoms with E-state index in [9.17, 15) is 13.2 Å². The van der Waals surface area contributed by atoms with E-state index in [4.69, 9.17) is 21.4 Å². The van der Waals surface area contributed by atoms with E-state index in [-0.39, 0.29) is 18.2 Å². The Morgan fingerprint density at radius 1 is 1.18 bits per heavy atom. The molecule has 0 aliphatic carbocycles. The molecule has 0 aliphatic heterocycles. The van der Waals surface area contributed by atoms with Crippen molar-refractivity contribution in [3.8, 4) is 11.5 Å². The zero-order valence-corrected chi connectivity index (χ0v) is 9.33. The summed E-state index contributed by atoms with van der Waals surface area (Å²) < 4.78 is 44.3. The van der Waals surface area contributed by atoms with Crippen LogP contribution >= 0.6 is 11.6 Å². The van der Waals surface area contributed by atoms with Crippen LogP contribution in [0.4, 0.5) is 13.2 Å². The molecule has 0 spiro atoms. The van der Waals surface area contributed by atoms with Crippen LogP contribution in [0, 0.1) is 0 Å². The summed E-state index contributed by atoms with van der Waals surface area (Å²) in [5, 5.41) is 9.10. The van der Waals surface area contributed by atoms with Crippen molar-refractivity contribution < 1.29 is 27.8 Å². The lowest BCUT2D eigenvalue weighted by atomic mass is 10.3. The highest BCUT2D eigenvalue weighted by atomic mass is 35.5. The maximum Gasteiger partial charge on any atom is 0.573 e. The Labute approximate surface area is 101 Å². The predicted molar refractivity (Wildman–Crippen MR) is 55.3 cm³/mol. The zero-order chi connectivity index (χ0) is 12.9. The van der Waals surface area contributed by atoms with Crippen molar-refractivity contribution >= 4 is 11.6 Å². The lowest BCUT2D eigenvalue weighted by molar-refractivity contribution is -0.274. The van der Waals surface area contributed by atoms with Crippen molar-refractivity contribution in [3.05, 3.63) is 24.3 Å². The fourth-order valence-corrected chi connectivity index (χ4v) is 1.06. The van der Waals surface area contributed by atoms with E-state index >= 15 is 0 Å². The van der Waals surface area contributed by atoms with Crippen molar-refractivity contribution in [3.63, 3.8) is 0 Å². The molecule has 0 aromatic heterocycles. The second-order valence-corrected chi connectivity index (χ2v) is 3.45. The molecule has 0 fully saturated rings. The summed E-state index contributed by atoms with van der Waals surface area (Å²) in [7, 11) is 0. The number of hydrogen-bond acceptors (Lipinski definition) is 3. The fourth-order valence-electron chi connectivity index (χ4n) is 0.975. The quantitative estimate of drug-likeness (QED) is 0.836. The van der Waals surface area contributed by atoms with Gasteiger partial charge in [0, 0.05) is 0 Å². The number of aliphatic hydroxyl groups excluding tert-OH is 1. The minimum Gasteiger partial charge on any atom is -0.491 e. The highest BCUT2D eigenvalue weighted by Gasteiger charge is 2.30. The molecule has 7 heteroatoms. The predicted octanol–water partition coefficient (Wildman–Crippen LogP) is 2.56. The smallest absolute Gasteiger partial charge is 0.491 e. The topological polar surface area (TPSA) is 38.7 Å². The average molecular weight is 271 g/mol. The van der Waals surface area contributed by atoms with Crippen molar-refractivity contribution in [2.75, 3.05) is 12.5 Å². The summed E-state index contributed by atoms with van der Waals surface area (Å²) in [4.78, 5) is 0. The van der Waals surface area contributed by atoms with E-state index < -0.39 is 12.5 Å². The summed E-state index contributed by atoms with van der Waals surface area (Å²) in [6, 6.07) is 4.86. The van der Waals surface area contributed by atoms with Gasteiger partial charge in [-0.25, -0.2) is 0 Å². The highest BCUT2D eigenvalue weighted by Crippen LogP contribution is 2.24. The van der Waals surface area contributed by atoms with Crippen LogP contribution in [0.1, 0.15) is 0 Å². The number of halogens is 4. The molecule has 1 N–H and O–H groups in total. The summed E-state index contributed by atoms with van der Waals surface area (Å²) >= 11 is 5.34. The number of alkyl halides is 4. The van der Waals surface area contributed by atoms with Gasteiger partial charge >= 0.3 is 6.36 Å². The SMILES string of the molecule is OC(CCl)COc1ccc(OC(F)(F)F)cc1. The molecule has 1 rings (SSSR count). The number of benzene rings is 1. The molecule has 0 saturated carbocycles. The van der Waals surface area contributed by atoms with E-state index in [1.165, 1.54) is 12.1 Å². The zero-order valence-electron chi connectivity index (χ0n) is 8.58. The Hall–Kier alpha value is -1.14. The molecular formula is C10H10ClF3O3. The Morgan fingerprint density at radius 2 is 1.71 bits per heavy atom. The van der Waals surface area contributed by atoms with Gasteiger partial charge in [-0.3, -0.25) is 0 Å². The molecule has 1 aromatic rings. The highest BCUT2D eigenvalue weighted by molar-refractivity contribution is 6.18. The third-order valence-corrected chi connectivity index (χ3v) is 2.03. The van der Waals surface area contributed by atoms with Crippen LogP contribution < -0.4 is 9.47 Å². The van der Waals surface area contributed by atoms with E-state index in [2.05, 4.69) is 4.74 Å². The van der Waals surface area contributed by atoms with Crippen LogP contribution in [0.5, 0.6) is 11.5 Å². The fraction of sp³-hybridized carbons (Fsp3) is 0.400. The van der Waals surface area contributed by atoms with E-state index in [0.717, 1.165) is 12.1 Å². The Bertz CT molecular complexity index is 340. The van der Waals surface area contributed by atoms with E-state index in [0.29, 0.717) is 5.75 Å². The second-order valence-electron chi connectivity index (χ2n) is 3.14. The first-order valence-corrected chi connectivity index (χ1v) is 5.17. The molecule has 96 valence electrons. The molecular weight excluding hydrogens is 261 g/mol. The van der Waals surface area contributed by atoms with Gasteiger partial charge in [-0.05, 0) is 24.3 Å². The number of rotatable bonds is 5. The number of aliphatic hydroxyl groups is 1. The molecule has 1 atom stereocenters. The van der Waals surface area contributed by atoms with Gasteiger partial charge in [-0.2, -0.15) is 0 Å². The molecule has 0 radical (unpaired) electrons. The molecule has 1 unspecified atom stereocenters. The van der Waals surface area contributed by atoms with Crippen molar-refractivity contribution in [1.29, 1.82) is 0 Å². The van der Waals surface area contributed by atoms with Gasteiger partial charge in [0.05, 0.1) is 5.88 Å². The Balaban J connectivity index is 2.50. The third-order valence-electron chi connectivity index (χ3n) is 1.68. The maximum absolute atomic E-state index is 11.8. The second kappa shape index (κ2) is 5.97. The largest absolute Gasteiger partial charge is 0.573 e. The number of ether oxygens (including phenoxy) is 2. The van der Waals surface area contributed by atoms with Gasteiger partial charge in [-0.15, -0.1) is 24.8 Å². The molecule has 17 heavy (non-hydrogen) atoms. The Kier molecular flexibility index (Phi) is 4.89. The Morgan fingerprint density at radius 3 is 2.18 bits per heavy atom. The van der Waals surface area contributed by atoms with Crippen LogP contribution in [0.3, 0.4) is 0 Å². The van der Waals surface area contributed by atoms with Crippen molar-refractivity contribution in [2.45, 2.75) is 12.5 Å². The minimum atomic E-state index is -4.71. The first-order chi connectivity index (χ1) is 7.90. The molecule has 0 bridgehead atoms. The van der Waals surface area contributed by atoms with Gasteiger partial charge in [0.2, 0.25) is 0 Å². The summed E-state index contributed by atoms with van der Waals surface area (Å²) in [6.07, 6.45) is -5.53. The van der Waals surface area contributed by atoms with E-state index in [1.54, 1.807) is 0 Å². The lowest BCUT2D eigenvalue weighted by Gasteiger charge is -2.11. The monoisotopic (exact) mass is 270 g/mol. The van der Waals surface area contributed by atoms with E-state index in [1.807, 2.05) is 0 Å². The van der Waals surface area contributed by atoms with Crippen molar-refractivity contribution in [2.24, 2.45) is 0 Å². The van der Waals surface area contributed by atoms with Crippen LogP contribution in [0.25, 0.3) is 0 Å². The van der Waals surface area contributed by atoms with Crippen LogP contribution in [0.15, 0.2) is 24.3 Å². The van der Waals surface area contributed by atoms with Gasteiger partial charge in [0.25, 0.3) is 0 Å². The first kappa shape index (κ1) is 13.9. The third kappa shape index (κ3) is 5.65. The summed E-state index contributed by atoms with van der Waals surface area (Å²) in [5.74, 6) is 0.0152. The number of hydrogen-bond donors (Lipinski definition) is 1. The lowest BCUT2D eigenvalue weighted by Crippen LogP contribution is -2.19. The van der Waals surface area contributed by atoms with Gasteiger partial charge in [0.1, 0.15) is 24.2 Å². The van der Waals surface area contributed by atoms with Gasteiger partial charge in [-0.1, -0.05) is 0 Å². The summed E-state index contributed by atoms with van der Waals surface area (Å²) in [6.45, 7) is -0.0248. The van der Waals surface area contributed by atoms with Crippen LogP contribution in [0.2, 0.25) is 0 Å². The molecule has 0 saturated heterocycles. The standard InChI is InChI=1S/C10H10ClF3O3/c11-5-7(15)6-16-8-1-3-9(4-2-8)17-10(12,13)14/h1-4,7,15H,5-6H2. The van der Waals surface area contributed by atoms with Crippen LogP contribution in [-0.4, -0.2) is 30.1 Å². The molecule has 0 heterocycles. The summed E-state index contributed by atoms with van der Waals surface area (Å²) in [5.41, 5.74) is 0.